The van der Waals surface area contributed by atoms with E-state index in [1.165, 1.54) is 17.4 Å². The molecule has 0 saturated carbocycles. The summed E-state index contributed by atoms with van der Waals surface area (Å²) in [6.07, 6.45) is 0. The van der Waals surface area contributed by atoms with Crippen molar-refractivity contribution in [3.05, 3.63) is 82.7 Å². The molecule has 1 fully saturated rings. The number of nitrogens with zero attached hydrogens (tertiary/aromatic N) is 1. The van der Waals surface area contributed by atoms with Gasteiger partial charge in [-0.05, 0) is 0 Å². The number of allylic oxidation sites excluding steroid dienone is 2. The Morgan fingerprint density at radius 1 is 0.931 bits per heavy atom. The topological polar surface area (TPSA) is 70.9 Å². The van der Waals surface area contributed by atoms with Gasteiger partial charge in [-0.2, -0.15) is 0 Å². The number of benzene rings is 2. The van der Waals surface area contributed by atoms with Crippen molar-refractivity contribution in [1.82, 2.24) is 10.2 Å². The quantitative estimate of drug-likeness (QED) is 0.811. The van der Waals surface area contributed by atoms with Gasteiger partial charge in [0.1, 0.15) is 17.9 Å². The maximum atomic E-state index is 13.2. The highest BCUT2D eigenvalue weighted by molar-refractivity contribution is 6.27. The number of ketones is 2. The van der Waals surface area contributed by atoms with Crippen molar-refractivity contribution in [2.45, 2.75) is 13.5 Å². The molecule has 1 aliphatic carbocycles. The number of piperazine rings is 1. The molecule has 1 amide bonds. The minimum atomic E-state index is -0.355. The highest BCUT2D eigenvalue weighted by Gasteiger charge is 2.37. The molecule has 6 nitrogen and oxygen atoms in total. The molecule has 0 unspecified atom stereocenters. The molecule has 6 heteroatoms. The second-order valence-electron chi connectivity index (χ2n) is 7.51. The number of quaternary nitrogens is 1. The van der Waals surface area contributed by atoms with E-state index in [9.17, 15) is 14.4 Å². The molecule has 0 bridgehead atoms. The van der Waals surface area contributed by atoms with Gasteiger partial charge in [0.05, 0.1) is 26.2 Å². The third-order valence-corrected chi connectivity index (χ3v) is 5.48. The lowest BCUT2D eigenvalue weighted by Gasteiger charge is -2.36. The van der Waals surface area contributed by atoms with Gasteiger partial charge in [-0.3, -0.25) is 14.4 Å². The summed E-state index contributed by atoms with van der Waals surface area (Å²) in [7, 11) is 0. The van der Waals surface area contributed by atoms with Crippen LogP contribution in [-0.4, -0.2) is 48.6 Å². The SMILES string of the molecule is CC(=O)NC1=C(N2CC[NH+](Cc3ccccc3)CC2)C(=O)c2ccccc2C1=O. The van der Waals surface area contributed by atoms with E-state index in [-0.39, 0.29) is 23.2 Å². The molecule has 0 aromatic heterocycles. The van der Waals surface area contributed by atoms with Crippen LogP contribution in [0, 0.1) is 0 Å². The van der Waals surface area contributed by atoms with Gasteiger partial charge in [-0.15, -0.1) is 0 Å². The number of fused-ring (bicyclic) bond motifs is 1. The lowest BCUT2D eigenvalue weighted by Crippen LogP contribution is -3.13. The number of carbonyl (C=O) groups is 3. The van der Waals surface area contributed by atoms with Gasteiger partial charge >= 0.3 is 0 Å². The second-order valence-corrected chi connectivity index (χ2v) is 7.51. The summed E-state index contributed by atoms with van der Waals surface area (Å²) in [5.74, 6) is -0.855. The lowest BCUT2D eigenvalue weighted by atomic mass is 9.89. The molecule has 0 spiro atoms. The first-order valence-corrected chi connectivity index (χ1v) is 9.87. The summed E-state index contributed by atoms with van der Waals surface area (Å²) in [5.41, 5.74) is 2.46. The van der Waals surface area contributed by atoms with E-state index in [4.69, 9.17) is 0 Å². The van der Waals surface area contributed by atoms with E-state index >= 15 is 0 Å². The average Bonchev–Trinajstić information content (AvgIpc) is 2.73. The van der Waals surface area contributed by atoms with Crippen LogP contribution in [0.5, 0.6) is 0 Å². The number of amides is 1. The molecule has 2 aliphatic rings. The highest BCUT2D eigenvalue weighted by atomic mass is 16.2. The predicted molar refractivity (Wildman–Crippen MR) is 108 cm³/mol. The third kappa shape index (κ3) is 3.84. The van der Waals surface area contributed by atoms with Crippen LogP contribution in [0.1, 0.15) is 33.2 Å². The van der Waals surface area contributed by atoms with E-state index in [1.54, 1.807) is 24.3 Å². The molecule has 0 atom stereocenters. The van der Waals surface area contributed by atoms with E-state index in [1.807, 2.05) is 23.1 Å². The molecule has 1 aliphatic heterocycles. The average molecular weight is 390 g/mol. The smallest absolute Gasteiger partial charge is 0.221 e. The molecule has 4 rings (SSSR count). The highest BCUT2D eigenvalue weighted by Crippen LogP contribution is 2.27. The third-order valence-electron chi connectivity index (χ3n) is 5.48. The fourth-order valence-corrected chi connectivity index (χ4v) is 4.06. The number of Topliss-reactive ketones (excluding diaryl/α,β-unsaturated/α-hetero) is 2. The predicted octanol–water partition coefficient (Wildman–Crippen LogP) is 0.814. The maximum absolute atomic E-state index is 13.2. The number of carbonyl (C=O) groups excluding carboxylic acids is 3. The zero-order valence-electron chi connectivity index (χ0n) is 16.4. The Morgan fingerprint density at radius 2 is 1.52 bits per heavy atom. The Hall–Kier alpha value is -3.25. The number of hydrogen-bond donors (Lipinski definition) is 2. The van der Waals surface area contributed by atoms with Crippen LogP contribution in [0.3, 0.4) is 0 Å². The minimum Gasteiger partial charge on any atom is -0.355 e. The van der Waals surface area contributed by atoms with Gasteiger partial charge in [0, 0.05) is 23.6 Å². The van der Waals surface area contributed by atoms with Crippen molar-refractivity contribution in [3.8, 4) is 0 Å². The fraction of sp³-hybridized carbons (Fsp3) is 0.261. The first-order valence-electron chi connectivity index (χ1n) is 9.87. The molecule has 1 saturated heterocycles. The van der Waals surface area contributed by atoms with Crippen molar-refractivity contribution < 1.29 is 19.3 Å². The Bertz CT molecular complexity index is 989. The van der Waals surface area contributed by atoms with Crippen molar-refractivity contribution in [1.29, 1.82) is 0 Å². The Morgan fingerprint density at radius 3 is 2.14 bits per heavy atom. The Kier molecular flexibility index (Phi) is 5.27. The summed E-state index contributed by atoms with van der Waals surface area (Å²) >= 11 is 0. The van der Waals surface area contributed by atoms with Gasteiger partial charge in [0.25, 0.3) is 0 Å². The number of rotatable bonds is 4. The van der Waals surface area contributed by atoms with Crippen LogP contribution in [0.2, 0.25) is 0 Å². The fourth-order valence-electron chi connectivity index (χ4n) is 4.06. The number of hydrogen-bond acceptors (Lipinski definition) is 4. The summed E-state index contributed by atoms with van der Waals surface area (Å²) in [6, 6.07) is 17.1. The van der Waals surface area contributed by atoms with Crippen LogP contribution in [-0.2, 0) is 11.3 Å². The molecule has 29 heavy (non-hydrogen) atoms. The van der Waals surface area contributed by atoms with Crippen LogP contribution in [0.15, 0.2) is 66.0 Å². The van der Waals surface area contributed by atoms with Gasteiger partial charge in [0.15, 0.2) is 0 Å². The lowest BCUT2D eigenvalue weighted by molar-refractivity contribution is -0.917. The first kappa shape index (κ1) is 19.1. The summed E-state index contributed by atoms with van der Waals surface area (Å²) in [6.45, 7) is 5.31. The van der Waals surface area contributed by atoms with Gasteiger partial charge in [-0.25, -0.2) is 0 Å². The zero-order valence-corrected chi connectivity index (χ0v) is 16.4. The molecule has 2 aromatic carbocycles. The molecule has 2 N–H and O–H groups in total. The largest absolute Gasteiger partial charge is 0.355 e. The molecule has 148 valence electrons. The van der Waals surface area contributed by atoms with Crippen LogP contribution < -0.4 is 10.2 Å². The van der Waals surface area contributed by atoms with Gasteiger partial charge < -0.3 is 15.1 Å². The minimum absolute atomic E-state index is 0.104. The van der Waals surface area contributed by atoms with Gasteiger partial charge in [0.2, 0.25) is 17.5 Å². The first-order chi connectivity index (χ1) is 14.0. The van der Waals surface area contributed by atoms with E-state index in [0.717, 1.165) is 19.6 Å². The Labute approximate surface area is 169 Å². The van der Waals surface area contributed by atoms with Crippen molar-refractivity contribution in [3.63, 3.8) is 0 Å². The van der Waals surface area contributed by atoms with E-state index < -0.39 is 0 Å². The monoisotopic (exact) mass is 390 g/mol. The van der Waals surface area contributed by atoms with Crippen molar-refractivity contribution in [2.75, 3.05) is 26.2 Å². The summed E-state index contributed by atoms with van der Waals surface area (Å²) in [5, 5.41) is 2.62. The van der Waals surface area contributed by atoms with Crippen LogP contribution >= 0.6 is 0 Å². The van der Waals surface area contributed by atoms with Crippen LogP contribution in [0.25, 0.3) is 0 Å². The van der Waals surface area contributed by atoms with Crippen molar-refractivity contribution >= 4 is 17.5 Å². The molecule has 1 heterocycles. The molecule has 0 radical (unpaired) electrons. The molecule has 2 aromatic rings. The summed E-state index contributed by atoms with van der Waals surface area (Å²) in [4.78, 5) is 41.3. The second kappa shape index (κ2) is 8.01. The van der Waals surface area contributed by atoms with Crippen molar-refractivity contribution in [2.24, 2.45) is 0 Å². The molecular weight excluding hydrogens is 366 g/mol. The summed E-state index contributed by atoms with van der Waals surface area (Å²) < 4.78 is 0. The van der Waals surface area contributed by atoms with E-state index in [0.29, 0.717) is 29.9 Å². The van der Waals surface area contributed by atoms with E-state index in [2.05, 4.69) is 17.4 Å². The zero-order chi connectivity index (χ0) is 20.4. The standard InChI is InChI=1S/C23H23N3O3/c1-16(27)24-20-21(23(29)19-10-6-5-9-18(19)22(20)28)26-13-11-25(12-14-26)15-17-7-3-2-4-8-17/h2-10H,11-15H2,1H3,(H,24,27)/p+1. The Balaban J connectivity index is 1.58. The van der Waals surface area contributed by atoms with Gasteiger partial charge in [-0.1, -0.05) is 54.6 Å². The molecular formula is C23H24N3O3+. The normalized spacial score (nSPS) is 17.3. The number of nitrogens with one attached hydrogen (secondary N) is 2. The maximum Gasteiger partial charge on any atom is 0.221 e. The van der Waals surface area contributed by atoms with Crippen LogP contribution in [0.4, 0.5) is 0 Å².